The minimum atomic E-state index is -3.77. The van der Waals surface area contributed by atoms with Crippen molar-refractivity contribution in [2.75, 3.05) is 20.6 Å². The number of benzene rings is 2. The van der Waals surface area contributed by atoms with E-state index < -0.39 is 15.7 Å². The summed E-state index contributed by atoms with van der Waals surface area (Å²) in [5, 5.41) is 2.90. The summed E-state index contributed by atoms with van der Waals surface area (Å²) >= 11 is 0. The average Bonchev–Trinajstić information content (AvgIpc) is 2.65. The van der Waals surface area contributed by atoms with Gasteiger partial charge in [-0.3, -0.25) is 0 Å². The van der Waals surface area contributed by atoms with E-state index in [9.17, 15) is 17.6 Å². The predicted octanol–water partition coefficient (Wildman–Crippen LogP) is 3.35. The minimum absolute atomic E-state index is 0.0481. The Morgan fingerprint density at radius 3 is 2.63 bits per heavy atom. The summed E-state index contributed by atoms with van der Waals surface area (Å²) in [5.74, 6) is -0.422. The number of hydrogen-bond acceptors (Lipinski definition) is 3. The second-order valence-corrected chi connectivity index (χ2v) is 8.94. The van der Waals surface area contributed by atoms with Gasteiger partial charge in [-0.25, -0.2) is 17.6 Å². The van der Waals surface area contributed by atoms with Crippen LogP contribution in [0.3, 0.4) is 0 Å². The molecule has 1 unspecified atom stereocenters. The number of rotatable bonds is 4. The van der Waals surface area contributed by atoms with Crippen molar-refractivity contribution in [1.82, 2.24) is 10.2 Å². The van der Waals surface area contributed by atoms with E-state index in [1.807, 2.05) is 6.07 Å². The van der Waals surface area contributed by atoms with Crippen LogP contribution < -0.4 is 5.32 Å². The number of amides is 2. The Kier molecular flexibility index (Phi) is 5.51. The molecule has 0 aliphatic heterocycles. The van der Waals surface area contributed by atoms with E-state index in [1.165, 1.54) is 23.1 Å². The molecule has 0 saturated heterocycles. The number of nitrogens with zero attached hydrogens (tertiary/aromatic N) is 1. The Morgan fingerprint density at radius 1 is 1.19 bits per heavy atom. The first-order valence-corrected chi connectivity index (χ1v) is 10.4. The first-order chi connectivity index (χ1) is 12.8. The molecule has 0 spiro atoms. The number of nitrogens with one attached hydrogen (secondary N) is 1. The van der Waals surface area contributed by atoms with Crippen molar-refractivity contribution in [2.45, 2.75) is 35.0 Å². The SMILES string of the molecule is CN(C)C(=O)NCC1CCCc2cc(S(=O)(=O)c3cccc(F)c3)ccc21. The molecule has 144 valence electrons. The summed E-state index contributed by atoms with van der Waals surface area (Å²) in [7, 11) is -0.389. The fourth-order valence-corrected chi connectivity index (χ4v) is 4.75. The molecule has 2 amide bonds. The van der Waals surface area contributed by atoms with Crippen LogP contribution in [0.15, 0.2) is 52.3 Å². The lowest BCUT2D eigenvalue weighted by Gasteiger charge is -2.27. The van der Waals surface area contributed by atoms with Gasteiger partial charge in [-0.15, -0.1) is 0 Å². The first-order valence-electron chi connectivity index (χ1n) is 8.87. The van der Waals surface area contributed by atoms with E-state index in [2.05, 4.69) is 5.32 Å². The van der Waals surface area contributed by atoms with Crippen molar-refractivity contribution < 1.29 is 17.6 Å². The molecular formula is C20H23FN2O3S. The molecule has 3 rings (SSSR count). The van der Waals surface area contributed by atoms with Crippen molar-refractivity contribution in [3.8, 4) is 0 Å². The van der Waals surface area contributed by atoms with Crippen LogP contribution >= 0.6 is 0 Å². The van der Waals surface area contributed by atoms with Crippen LogP contribution in [0.2, 0.25) is 0 Å². The maximum atomic E-state index is 13.4. The minimum Gasteiger partial charge on any atom is -0.337 e. The number of carbonyl (C=O) groups is 1. The number of sulfone groups is 1. The second-order valence-electron chi connectivity index (χ2n) is 6.99. The van der Waals surface area contributed by atoms with E-state index in [1.54, 1.807) is 26.2 Å². The summed E-state index contributed by atoms with van der Waals surface area (Å²) in [6.07, 6.45) is 2.66. The smallest absolute Gasteiger partial charge is 0.316 e. The number of carbonyl (C=O) groups excluding carboxylic acids is 1. The Morgan fingerprint density at radius 2 is 1.93 bits per heavy atom. The summed E-state index contributed by atoms with van der Waals surface area (Å²) < 4.78 is 39.1. The Bertz CT molecular complexity index is 957. The van der Waals surface area contributed by atoms with E-state index in [-0.39, 0.29) is 21.7 Å². The van der Waals surface area contributed by atoms with Crippen molar-refractivity contribution in [3.05, 3.63) is 59.4 Å². The summed E-state index contributed by atoms with van der Waals surface area (Å²) in [6, 6.07) is 10.00. The fourth-order valence-electron chi connectivity index (χ4n) is 3.41. The van der Waals surface area contributed by atoms with Gasteiger partial charge >= 0.3 is 6.03 Å². The van der Waals surface area contributed by atoms with Gasteiger partial charge in [-0.05, 0) is 60.7 Å². The molecule has 0 heterocycles. The van der Waals surface area contributed by atoms with Crippen LogP contribution in [-0.4, -0.2) is 40.0 Å². The largest absolute Gasteiger partial charge is 0.337 e. The van der Waals surface area contributed by atoms with Crippen molar-refractivity contribution >= 4 is 15.9 Å². The van der Waals surface area contributed by atoms with Gasteiger partial charge in [0.25, 0.3) is 0 Å². The molecule has 2 aromatic rings. The Labute approximate surface area is 159 Å². The molecule has 0 radical (unpaired) electrons. The summed E-state index contributed by atoms with van der Waals surface area (Å²) in [5.41, 5.74) is 2.04. The van der Waals surface area contributed by atoms with Crippen LogP contribution in [0.25, 0.3) is 0 Å². The number of halogens is 1. The molecule has 2 aromatic carbocycles. The standard InChI is InChI=1S/C20H23FN2O3S/c1-23(2)20(24)22-13-15-6-3-5-14-11-18(9-10-19(14)15)27(25,26)17-8-4-7-16(21)12-17/h4,7-12,15H,3,5-6,13H2,1-2H3,(H,22,24). The third kappa shape index (κ3) is 4.13. The number of urea groups is 1. The van der Waals surface area contributed by atoms with Crippen molar-refractivity contribution in [2.24, 2.45) is 0 Å². The lowest BCUT2D eigenvalue weighted by atomic mass is 9.83. The topological polar surface area (TPSA) is 66.5 Å². The fraction of sp³-hybridized carbons (Fsp3) is 0.350. The van der Waals surface area contributed by atoms with Gasteiger partial charge in [-0.1, -0.05) is 12.1 Å². The quantitative estimate of drug-likeness (QED) is 0.871. The highest BCUT2D eigenvalue weighted by molar-refractivity contribution is 7.91. The third-order valence-corrected chi connectivity index (χ3v) is 6.62. The highest BCUT2D eigenvalue weighted by atomic mass is 32.2. The lowest BCUT2D eigenvalue weighted by Crippen LogP contribution is -2.37. The molecule has 1 aliphatic carbocycles. The Hall–Kier alpha value is -2.41. The predicted molar refractivity (Wildman–Crippen MR) is 101 cm³/mol. The van der Waals surface area contributed by atoms with Gasteiger partial charge in [0.05, 0.1) is 9.79 Å². The van der Waals surface area contributed by atoms with Crippen LogP contribution in [0.5, 0.6) is 0 Å². The molecule has 1 aliphatic rings. The van der Waals surface area contributed by atoms with Crippen molar-refractivity contribution in [3.63, 3.8) is 0 Å². The van der Waals surface area contributed by atoms with E-state index in [0.29, 0.717) is 6.54 Å². The van der Waals surface area contributed by atoms with E-state index >= 15 is 0 Å². The Balaban J connectivity index is 1.87. The molecule has 0 fully saturated rings. The molecular weight excluding hydrogens is 367 g/mol. The maximum absolute atomic E-state index is 13.4. The first kappa shape index (κ1) is 19.4. The van der Waals surface area contributed by atoms with Crippen LogP contribution in [-0.2, 0) is 16.3 Å². The van der Waals surface area contributed by atoms with Gasteiger partial charge < -0.3 is 10.2 Å². The maximum Gasteiger partial charge on any atom is 0.316 e. The molecule has 1 N–H and O–H groups in total. The van der Waals surface area contributed by atoms with Gasteiger partial charge in [0, 0.05) is 26.6 Å². The highest BCUT2D eigenvalue weighted by Gasteiger charge is 2.25. The van der Waals surface area contributed by atoms with Gasteiger partial charge in [0.1, 0.15) is 5.82 Å². The van der Waals surface area contributed by atoms with Crippen LogP contribution in [0.1, 0.15) is 29.9 Å². The molecule has 0 bridgehead atoms. The van der Waals surface area contributed by atoms with Gasteiger partial charge in [-0.2, -0.15) is 0 Å². The van der Waals surface area contributed by atoms with Crippen LogP contribution in [0, 0.1) is 5.82 Å². The molecule has 27 heavy (non-hydrogen) atoms. The zero-order valence-electron chi connectivity index (χ0n) is 15.4. The average molecular weight is 390 g/mol. The highest BCUT2D eigenvalue weighted by Crippen LogP contribution is 2.34. The lowest BCUT2D eigenvalue weighted by molar-refractivity contribution is 0.216. The monoisotopic (exact) mass is 390 g/mol. The van der Waals surface area contributed by atoms with E-state index in [4.69, 9.17) is 0 Å². The number of fused-ring (bicyclic) bond motifs is 1. The molecule has 7 heteroatoms. The third-order valence-electron chi connectivity index (χ3n) is 4.88. The normalized spacial score (nSPS) is 16.5. The van der Waals surface area contributed by atoms with Gasteiger partial charge in [0.2, 0.25) is 9.84 Å². The van der Waals surface area contributed by atoms with Crippen molar-refractivity contribution in [1.29, 1.82) is 0 Å². The molecule has 0 aromatic heterocycles. The molecule has 1 atom stereocenters. The summed E-state index contributed by atoms with van der Waals surface area (Å²) in [6.45, 7) is 0.514. The molecule has 5 nitrogen and oxygen atoms in total. The second kappa shape index (κ2) is 7.68. The number of aryl methyl sites for hydroxylation is 1. The zero-order chi connectivity index (χ0) is 19.6. The van der Waals surface area contributed by atoms with Gasteiger partial charge in [0.15, 0.2) is 0 Å². The van der Waals surface area contributed by atoms with Crippen LogP contribution in [0.4, 0.5) is 9.18 Å². The van der Waals surface area contributed by atoms with E-state index in [0.717, 1.165) is 36.5 Å². The zero-order valence-corrected chi connectivity index (χ0v) is 16.2. The summed E-state index contributed by atoms with van der Waals surface area (Å²) in [4.78, 5) is 13.4. The molecule has 0 saturated carbocycles. The number of hydrogen-bond donors (Lipinski definition) is 1.